The fraction of sp³-hybridized carbons (Fsp3) is 0.429. The molecule has 100 valence electrons. The van der Waals surface area contributed by atoms with Crippen LogP contribution in [-0.2, 0) is 15.9 Å². The largest absolute Gasteiger partial charge is 0.501 e. The van der Waals surface area contributed by atoms with Gasteiger partial charge in [0.05, 0.1) is 23.0 Å². The van der Waals surface area contributed by atoms with Crippen LogP contribution in [0, 0.1) is 3.57 Å². The van der Waals surface area contributed by atoms with Gasteiger partial charge in [-0.25, -0.2) is 0 Å². The lowest BCUT2D eigenvalue weighted by molar-refractivity contribution is 0.110. The molecule has 0 unspecified atom stereocenters. The molecule has 0 N–H and O–H groups in total. The summed E-state index contributed by atoms with van der Waals surface area (Å²) >= 11 is 2.26. The van der Waals surface area contributed by atoms with Crippen LogP contribution in [0.15, 0.2) is 30.5 Å². The number of halogens is 1. The molecule has 0 spiro atoms. The molecular weight excluding hydrogens is 343 g/mol. The Bertz CT molecular complexity index is 391. The summed E-state index contributed by atoms with van der Waals surface area (Å²) in [5.41, 5.74) is 1.13. The van der Waals surface area contributed by atoms with Crippen molar-refractivity contribution in [2.45, 2.75) is 13.3 Å². The summed E-state index contributed by atoms with van der Waals surface area (Å²) in [6.07, 6.45) is 0.704. The molecule has 1 aromatic carbocycles. The van der Waals surface area contributed by atoms with Crippen molar-refractivity contribution in [3.05, 3.63) is 39.7 Å². The molecule has 18 heavy (non-hydrogen) atoms. The summed E-state index contributed by atoms with van der Waals surface area (Å²) in [6.45, 7) is 7.69. The lowest BCUT2D eigenvalue weighted by Crippen LogP contribution is -2.07. The molecule has 0 amide bonds. The number of rotatable bonds is 8. The van der Waals surface area contributed by atoms with Crippen LogP contribution in [0.1, 0.15) is 12.5 Å². The highest BCUT2D eigenvalue weighted by molar-refractivity contribution is 14.1. The second kappa shape index (κ2) is 8.37. The zero-order valence-electron chi connectivity index (χ0n) is 10.9. The number of methoxy groups -OCH3 is 1. The molecule has 4 heteroatoms. The Kier molecular flexibility index (Phi) is 7.12. The molecule has 0 atom stereocenters. The molecule has 0 aromatic heterocycles. The average molecular weight is 362 g/mol. The Hall–Kier alpha value is -0.750. The maximum atomic E-state index is 5.69. The van der Waals surface area contributed by atoms with E-state index in [-0.39, 0.29) is 0 Å². The Labute approximate surface area is 122 Å². The Morgan fingerprint density at radius 1 is 1.33 bits per heavy atom. The number of ether oxygens (including phenoxy) is 3. The number of hydrogen-bond acceptors (Lipinski definition) is 3. The fourth-order valence-corrected chi connectivity index (χ4v) is 1.91. The van der Waals surface area contributed by atoms with Gasteiger partial charge >= 0.3 is 0 Å². The van der Waals surface area contributed by atoms with Gasteiger partial charge in [-0.15, -0.1) is 0 Å². The highest BCUT2D eigenvalue weighted by atomic mass is 127. The normalized spacial score (nSPS) is 10.2. The number of benzene rings is 1. The van der Waals surface area contributed by atoms with Crippen LogP contribution in [0.5, 0.6) is 5.75 Å². The SMILES string of the molecule is C=C(Cc1ccc(I)c(OCCOCC)c1)OC. The number of allylic oxidation sites excluding steroid dienone is 1. The van der Waals surface area contributed by atoms with Gasteiger partial charge in [-0.05, 0) is 47.2 Å². The molecule has 1 aromatic rings. The van der Waals surface area contributed by atoms with Gasteiger partial charge in [0.25, 0.3) is 0 Å². The molecular formula is C14H19IO3. The maximum absolute atomic E-state index is 5.69. The molecule has 0 heterocycles. The van der Waals surface area contributed by atoms with Gasteiger partial charge in [0, 0.05) is 13.0 Å². The average Bonchev–Trinajstić information content (AvgIpc) is 2.38. The Morgan fingerprint density at radius 3 is 2.78 bits per heavy atom. The monoisotopic (exact) mass is 362 g/mol. The van der Waals surface area contributed by atoms with Gasteiger partial charge < -0.3 is 14.2 Å². The van der Waals surface area contributed by atoms with Crippen molar-refractivity contribution in [3.63, 3.8) is 0 Å². The van der Waals surface area contributed by atoms with Gasteiger partial charge in [-0.3, -0.25) is 0 Å². The Morgan fingerprint density at radius 2 is 2.11 bits per heavy atom. The smallest absolute Gasteiger partial charge is 0.133 e. The molecule has 0 saturated heterocycles. The van der Waals surface area contributed by atoms with E-state index in [4.69, 9.17) is 14.2 Å². The summed E-state index contributed by atoms with van der Waals surface area (Å²) in [6, 6.07) is 6.12. The molecule has 0 radical (unpaired) electrons. The summed E-state index contributed by atoms with van der Waals surface area (Å²) in [7, 11) is 1.63. The third kappa shape index (κ3) is 5.27. The third-order valence-corrected chi connectivity index (χ3v) is 3.27. The van der Waals surface area contributed by atoms with Gasteiger partial charge in [0.1, 0.15) is 12.4 Å². The summed E-state index contributed by atoms with van der Waals surface area (Å²) in [4.78, 5) is 0. The summed E-state index contributed by atoms with van der Waals surface area (Å²) < 4.78 is 17.1. The highest BCUT2D eigenvalue weighted by Crippen LogP contribution is 2.23. The fourth-order valence-electron chi connectivity index (χ4n) is 1.42. The molecule has 0 bridgehead atoms. The first-order valence-corrected chi connectivity index (χ1v) is 6.96. The predicted octanol–water partition coefficient (Wildman–Crippen LogP) is 3.41. The zero-order chi connectivity index (χ0) is 13.4. The molecule has 0 fully saturated rings. The summed E-state index contributed by atoms with van der Waals surface area (Å²) in [5, 5.41) is 0. The van der Waals surface area contributed by atoms with E-state index in [0.29, 0.717) is 26.2 Å². The minimum absolute atomic E-state index is 0.568. The first-order valence-electron chi connectivity index (χ1n) is 5.88. The van der Waals surface area contributed by atoms with Crippen molar-refractivity contribution in [1.82, 2.24) is 0 Å². The summed E-state index contributed by atoms with van der Waals surface area (Å²) in [5.74, 6) is 1.63. The maximum Gasteiger partial charge on any atom is 0.133 e. The second-order valence-electron chi connectivity index (χ2n) is 3.73. The Balaban J connectivity index is 2.60. The van der Waals surface area contributed by atoms with E-state index in [9.17, 15) is 0 Å². The van der Waals surface area contributed by atoms with Crippen LogP contribution >= 0.6 is 22.6 Å². The first kappa shape index (κ1) is 15.3. The van der Waals surface area contributed by atoms with Crippen molar-refractivity contribution in [1.29, 1.82) is 0 Å². The van der Waals surface area contributed by atoms with Crippen molar-refractivity contribution in [3.8, 4) is 5.75 Å². The lowest BCUT2D eigenvalue weighted by atomic mass is 10.1. The van der Waals surface area contributed by atoms with Crippen molar-refractivity contribution in [2.24, 2.45) is 0 Å². The van der Waals surface area contributed by atoms with Crippen LogP contribution in [0.4, 0.5) is 0 Å². The van der Waals surface area contributed by atoms with Crippen LogP contribution < -0.4 is 4.74 Å². The molecule has 1 rings (SSSR count). The third-order valence-electron chi connectivity index (χ3n) is 2.37. The minimum atomic E-state index is 0.568. The van der Waals surface area contributed by atoms with Crippen LogP contribution in [0.25, 0.3) is 0 Å². The number of hydrogen-bond donors (Lipinski definition) is 0. The van der Waals surface area contributed by atoms with E-state index in [0.717, 1.165) is 20.6 Å². The predicted molar refractivity (Wildman–Crippen MR) is 81.0 cm³/mol. The van der Waals surface area contributed by atoms with Crippen LogP contribution in [-0.4, -0.2) is 26.9 Å². The van der Waals surface area contributed by atoms with Gasteiger partial charge in [0.2, 0.25) is 0 Å². The zero-order valence-corrected chi connectivity index (χ0v) is 13.0. The molecule has 3 nitrogen and oxygen atoms in total. The van der Waals surface area contributed by atoms with E-state index in [1.54, 1.807) is 7.11 Å². The van der Waals surface area contributed by atoms with E-state index in [2.05, 4.69) is 35.2 Å². The molecule has 0 aliphatic rings. The molecule has 0 aliphatic carbocycles. The minimum Gasteiger partial charge on any atom is -0.501 e. The van der Waals surface area contributed by atoms with E-state index in [1.807, 2.05) is 19.1 Å². The second-order valence-corrected chi connectivity index (χ2v) is 4.89. The van der Waals surface area contributed by atoms with Crippen molar-refractivity contribution < 1.29 is 14.2 Å². The van der Waals surface area contributed by atoms with Gasteiger partial charge in [-0.1, -0.05) is 12.6 Å². The van der Waals surface area contributed by atoms with E-state index in [1.165, 1.54) is 0 Å². The van der Waals surface area contributed by atoms with Gasteiger partial charge in [-0.2, -0.15) is 0 Å². The van der Waals surface area contributed by atoms with E-state index >= 15 is 0 Å². The molecule has 0 aliphatic heterocycles. The van der Waals surface area contributed by atoms with Crippen LogP contribution in [0.2, 0.25) is 0 Å². The van der Waals surface area contributed by atoms with Crippen molar-refractivity contribution in [2.75, 3.05) is 26.9 Å². The first-order chi connectivity index (χ1) is 8.67. The topological polar surface area (TPSA) is 27.7 Å². The lowest BCUT2D eigenvalue weighted by Gasteiger charge is -2.11. The highest BCUT2D eigenvalue weighted by Gasteiger charge is 2.04. The van der Waals surface area contributed by atoms with E-state index < -0.39 is 0 Å². The van der Waals surface area contributed by atoms with Crippen LogP contribution in [0.3, 0.4) is 0 Å². The standard InChI is InChI=1S/C14H19IO3/c1-4-17-7-8-18-14-10-12(5-6-13(14)15)9-11(2)16-3/h5-6,10H,2,4,7-9H2,1,3H3. The molecule has 0 saturated carbocycles. The van der Waals surface area contributed by atoms with Crippen molar-refractivity contribution >= 4 is 22.6 Å². The van der Waals surface area contributed by atoms with Gasteiger partial charge in [0.15, 0.2) is 0 Å². The quantitative estimate of drug-likeness (QED) is 0.403.